The fraction of sp³-hybridized carbons (Fsp3) is 0.429. The smallest absolute Gasteiger partial charge is 0.326 e. The van der Waals surface area contributed by atoms with E-state index in [0.29, 0.717) is 19.5 Å². The number of amides is 2. The number of carboxylic acids is 1. The van der Waals surface area contributed by atoms with Gasteiger partial charge in [0.15, 0.2) is 0 Å². The first kappa shape index (κ1) is 14.3. The van der Waals surface area contributed by atoms with Gasteiger partial charge in [-0.3, -0.25) is 0 Å². The molecule has 0 saturated carbocycles. The minimum absolute atomic E-state index is 0.224. The molecule has 1 aliphatic rings. The van der Waals surface area contributed by atoms with Crippen LogP contribution in [0, 0.1) is 0 Å². The number of urea groups is 1. The summed E-state index contributed by atoms with van der Waals surface area (Å²) in [5.74, 6) is -1.00. The molecule has 0 radical (unpaired) electrons. The molecule has 0 spiro atoms. The lowest BCUT2D eigenvalue weighted by Gasteiger charge is -2.21. The second-order valence-corrected chi connectivity index (χ2v) is 4.74. The number of hydrogen-bond donors (Lipinski definition) is 2. The zero-order chi connectivity index (χ0) is 14.5. The number of carbonyl (C=O) groups excluding carboxylic acids is 1. The molecule has 20 heavy (non-hydrogen) atoms. The molecule has 0 aromatic heterocycles. The van der Waals surface area contributed by atoms with Crippen molar-refractivity contribution in [2.45, 2.75) is 25.1 Å². The first-order valence-corrected chi connectivity index (χ1v) is 6.46. The van der Waals surface area contributed by atoms with Crippen molar-refractivity contribution >= 4 is 12.0 Å². The summed E-state index contributed by atoms with van der Waals surface area (Å²) in [7, 11) is 1.52. The van der Waals surface area contributed by atoms with Crippen molar-refractivity contribution in [1.82, 2.24) is 10.2 Å². The van der Waals surface area contributed by atoms with Crippen LogP contribution < -0.4 is 5.32 Å². The van der Waals surface area contributed by atoms with Crippen LogP contribution in [-0.2, 0) is 16.1 Å². The molecule has 2 amide bonds. The third-order valence-corrected chi connectivity index (χ3v) is 3.43. The second-order valence-electron chi connectivity index (χ2n) is 4.74. The van der Waals surface area contributed by atoms with Crippen LogP contribution in [0.1, 0.15) is 12.0 Å². The largest absolute Gasteiger partial charge is 0.480 e. The van der Waals surface area contributed by atoms with Gasteiger partial charge in [-0.2, -0.15) is 0 Å². The van der Waals surface area contributed by atoms with Crippen molar-refractivity contribution in [3.63, 3.8) is 0 Å². The maximum atomic E-state index is 12.1. The molecule has 0 bridgehead atoms. The van der Waals surface area contributed by atoms with Gasteiger partial charge in [-0.25, -0.2) is 9.59 Å². The Hall–Kier alpha value is -2.08. The summed E-state index contributed by atoms with van der Waals surface area (Å²) >= 11 is 0. The summed E-state index contributed by atoms with van der Waals surface area (Å²) in [6, 6.07) is 8.27. The monoisotopic (exact) mass is 278 g/mol. The second kappa shape index (κ2) is 6.38. The molecular weight excluding hydrogens is 260 g/mol. The van der Waals surface area contributed by atoms with E-state index in [2.05, 4.69) is 5.32 Å². The average molecular weight is 278 g/mol. The number of nitrogens with zero attached hydrogens (tertiary/aromatic N) is 1. The number of aliphatic carboxylic acids is 1. The van der Waals surface area contributed by atoms with Gasteiger partial charge in [-0.05, 0) is 5.56 Å². The van der Waals surface area contributed by atoms with Crippen LogP contribution in [0.2, 0.25) is 0 Å². The Morgan fingerprint density at radius 1 is 1.40 bits per heavy atom. The molecule has 0 aliphatic carbocycles. The Morgan fingerprint density at radius 3 is 2.70 bits per heavy atom. The van der Waals surface area contributed by atoms with Gasteiger partial charge >= 0.3 is 12.0 Å². The molecule has 6 nitrogen and oxygen atoms in total. The van der Waals surface area contributed by atoms with Crippen molar-refractivity contribution in [2.24, 2.45) is 0 Å². The van der Waals surface area contributed by atoms with E-state index in [9.17, 15) is 9.59 Å². The van der Waals surface area contributed by atoms with E-state index in [-0.39, 0.29) is 12.1 Å². The molecule has 2 unspecified atom stereocenters. The van der Waals surface area contributed by atoms with Crippen LogP contribution in [-0.4, -0.2) is 47.8 Å². The zero-order valence-electron chi connectivity index (χ0n) is 11.3. The molecule has 1 fully saturated rings. The molecular formula is C14H18N2O4. The predicted molar refractivity (Wildman–Crippen MR) is 72.2 cm³/mol. The average Bonchev–Trinajstić information content (AvgIpc) is 2.90. The van der Waals surface area contributed by atoms with E-state index < -0.39 is 12.0 Å². The number of ether oxygens (including phenoxy) is 1. The van der Waals surface area contributed by atoms with Crippen LogP contribution in [0.4, 0.5) is 4.79 Å². The highest BCUT2D eigenvalue weighted by atomic mass is 16.5. The lowest BCUT2D eigenvalue weighted by atomic mass is 10.2. The topological polar surface area (TPSA) is 78.9 Å². The Labute approximate surface area is 117 Å². The van der Waals surface area contributed by atoms with Crippen molar-refractivity contribution in [3.8, 4) is 0 Å². The Kier molecular flexibility index (Phi) is 4.57. The molecule has 1 aromatic rings. The van der Waals surface area contributed by atoms with E-state index in [1.54, 1.807) is 0 Å². The molecule has 1 saturated heterocycles. The summed E-state index contributed by atoms with van der Waals surface area (Å²) in [5.41, 5.74) is 0.968. The minimum atomic E-state index is -1.00. The third kappa shape index (κ3) is 3.27. The Balaban J connectivity index is 1.95. The van der Waals surface area contributed by atoms with Crippen molar-refractivity contribution in [2.75, 3.05) is 13.7 Å². The highest BCUT2D eigenvalue weighted by Gasteiger charge is 2.39. The van der Waals surface area contributed by atoms with Crippen molar-refractivity contribution in [3.05, 3.63) is 35.9 Å². The zero-order valence-corrected chi connectivity index (χ0v) is 11.3. The molecule has 2 N–H and O–H groups in total. The number of rotatable bonds is 4. The normalized spacial score (nSPS) is 21.8. The van der Waals surface area contributed by atoms with Gasteiger partial charge in [0.25, 0.3) is 0 Å². The van der Waals surface area contributed by atoms with Gasteiger partial charge in [-0.1, -0.05) is 30.3 Å². The van der Waals surface area contributed by atoms with Gasteiger partial charge in [0.05, 0.1) is 6.10 Å². The highest BCUT2D eigenvalue weighted by molar-refractivity contribution is 5.83. The van der Waals surface area contributed by atoms with Crippen molar-refractivity contribution in [1.29, 1.82) is 0 Å². The summed E-state index contributed by atoms with van der Waals surface area (Å²) < 4.78 is 5.15. The summed E-state index contributed by atoms with van der Waals surface area (Å²) in [5, 5.41) is 11.9. The lowest BCUT2D eigenvalue weighted by Crippen LogP contribution is -2.45. The molecule has 6 heteroatoms. The molecule has 2 rings (SSSR count). The van der Waals surface area contributed by atoms with Crippen LogP contribution >= 0.6 is 0 Å². The van der Waals surface area contributed by atoms with E-state index in [4.69, 9.17) is 9.84 Å². The highest BCUT2D eigenvalue weighted by Crippen LogP contribution is 2.20. The maximum absolute atomic E-state index is 12.1. The molecule has 1 heterocycles. The first-order chi connectivity index (χ1) is 9.61. The lowest BCUT2D eigenvalue weighted by molar-refractivity contribution is -0.141. The minimum Gasteiger partial charge on any atom is -0.480 e. The van der Waals surface area contributed by atoms with Gasteiger partial charge in [0, 0.05) is 26.6 Å². The van der Waals surface area contributed by atoms with Crippen LogP contribution in [0.15, 0.2) is 30.3 Å². The number of methoxy groups -OCH3 is 1. The predicted octanol–water partition coefficient (Wildman–Crippen LogP) is 1.07. The fourth-order valence-corrected chi connectivity index (χ4v) is 2.30. The molecule has 108 valence electrons. The molecule has 2 atom stereocenters. The van der Waals surface area contributed by atoms with Crippen LogP contribution in [0.3, 0.4) is 0 Å². The molecule has 1 aliphatic heterocycles. The van der Waals surface area contributed by atoms with Gasteiger partial charge in [0.2, 0.25) is 0 Å². The third-order valence-electron chi connectivity index (χ3n) is 3.43. The number of hydrogen-bond acceptors (Lipinski definition) is 3. The standard InChI is InChI=1S/C14H18N2O4/c1-20-11-7-12(13(17)18)16(9-11)14(19)15-8-10-5-3-2-4-6-10/h2-6,11-12H,7-9H2,1H3,(H,15,19)(H,17,18). The van der Waals surface area contributed by atoms with Gasteiger partial charge < -0.3 is 20.1 Å². The summed E-state index contributed by atoms with van der Waals surface area (Å²) in [6.45, 7) is 0.675. The quantitative estimate of drug-likeness (QED) is 0.863. The van der Waals surface area contributed by atoms with Crippen LogP contribution in [0.25, 0.3) is 0 Å². The number of carbonyl (C=O) groups is 2. The Morgan fingerprint density at radius 2 is 2.10 bits per heavy atom. The SMILES string of the molecule is COC1CC(C(=O)O)N(C(=O)NCc2ccccc2)C1. The van der Waals surface area contributed by atoms with Gasteiger partial charge in [0.1, 0.15) is 6.04 Å². The van der Waals surface area contributed by atoms with E-state index in [1.807, 2.05) is 30.3 Å². The Bertz CT molecular complexity index is 477. The van der Waals surface area contributed by atoms with E-state index >= 15 is 0 Å². The summed E-state index contributed by atoms with van der Waals surface area (Å²) in [6.07, 6.45) is 0.100. The maximum Gasteiger partial charge on any atom is 0.326 e. The number of benzene rings is 1. The molecule has 1 aromatic carbocycles. The summed E-state index contributed by atoms with van der Waals surface area (Å²) in [4.78, 5) is 24.6. The number of carboxylic acid groups (broad SMARTS) is 1. The van der Waals surface area contributed by atoms with E-state index in [0.717, 1.165) is 5.56 Å². The number of nitrogens with one attached hydrogen (secondary N) is 1. The van der Waals surface area contributed by atoms with E-state index in [1.165, 1.54) is 12.0 Å². The fourth-order valence-electron chi connectivity index (χ4n) is 2.30. The van der Waals surface area contributed by atoms with Crippen LogP contribution in [0.5, 0.6) is 0 Å². The van der Waals surface area contributed by atoms with Gasteiger partial charge in [-0.15, -0.1) is 0 Å². The van der Waals surface area contributed by atoms with Crippen molar-refractivity contribution < 1.29 is 19.4 Å². The number of likely N-dealkylation sites (tertiary alicyclic amines) is 1. The first-order valence-electron chi connectivity index (χ1n) is 6.46.